The van der Waals surface area contributed by atoms with Gasteiger partial charge in [-0.3, -0.25) is 4.79 Å². The van der Waals surface area contributed by atoms with E-state index >= 15 is 0 Å². The highest BCUT2D eigenvalue weighted by Crippen LogP contribution is 2.41. The molecule has 0 saturated heterocycles. The highest BCUT2D eigenvalue weighted by molar-refractivity contribution is 5.75. The third-order valence-corrected chi connectivity index (χ3v) is 3.27. The minimum absolute atomic E-state index is 0.442. The molecular formula is C10H14N2O3. The SMILES string of the molecule is Cc1nonc1CC1(C(=O)O)CCCC1. The molecule has 2 rings (SSSR count). The van der Waals surface area contributed by atoms with Crippen LogP contribution in [0.4, 0.5) is 0 Å². The second-order valence-electron chi connectivity index (χ2n) is 4.27. The first-order valence-electron chi connectivity index (χ1n) is 5.15. The van der Waals surface area contributed by atoms with Gasteiger partial charge in [0.25, 0.3) is 0 Å². The molecule has 0 radical (unpaired) electrons. The van der Waals surface area contributed by atoms with E-state index in [0.717, 1.165) is 25.7 Å². The monoisotopic (exact) mass is 210 g/mol. The zero-order valence-corrected chi connectivity index (χ0v) is 8.69. The average Bonchev–Trinajstić information content (AvgIpc) is 2.78. The van der Waals surface area contributed by atoms with E-state index in [-0.39, 0.29) is 0 Å². The number of carbonyl (C=O) groups is 1. The van der Waals surface area contributed by atoms with Gasteiger partial charge >= 0.3 is 5.97 Å². The number of aliphatic carboxylic acids is 1. The molecule has 1 saturated carbocycles. The topological polar surface area (TPSA) is 76.2 Å². The maximum Gasteiger partial charge on any atom is 0.310 e. The Morgan fingerprint density at radius 3 is 2.60 bits per heavy atom. The lowest BCUT2D eigenvalue weighted by atomic mass is 9.81. The summed E-state index contributed by atoms with van der Waals surface area (Å²) < 4.78 is 4.59. The standard InChI is InChI=1S/C10H14N2O3/c1-7-8(12-15-11-7)6-10(9(13)14)4-2-3-5-10/h2-6H2,1H3,(H,13,14). The highest BCUT2D eigenvalue weighted by Gasteiger charge is 2.42. The summed E-state index contributed by atoms with van der Waals surface area (Å²) in [5.74, 6) is -0.720. The first-order chi connectivity index (χ1) is 7.14. The van der Waals surface area contributed by atoms with Crippen molar-refractivity contribution in [3.8, 4) is 0 Å². The van der Waals surface area contributed by atoms with Crippen molar-refractivity contribution in [2.75, 3.05) is 0 Å². The van der Waals surface area contributed by atoms with E-state index in [0.29, 0.717) is 17.8 Å². The number of rotatable bonds is 3. The molecule has 0 bridgehead atoms. The Morgan fingerprint density at radius 1 is 1.47 bits per heavy atom. The third-order valence-electron chi connectivity index (χ3n) is 3.27. The molecule has 0 unspecified atom stereocenters. The van der Waals surface area contributed by atoms with E-state index in [1.165, 1.54) is 0 Å². The second-order valence-corrected chi connectivity index (χ2v) is 4.27. The molecule has 1 aliphatic carbocycles. The van der Waals surface area contributed by atoms with Gasteiger partial charge in [-0.25, -0.2) is 4.63 Å². The molecule has 5 nitrogen and oxygen atoms in total. The summed E-state index contributed by atoms with van der Waals surface area (Å²) in [7, 11) is 0. The van der Waals surface area contributed by atoms with Gasteiger partial charge in [0.2, 0.25) is 0 Å². The van der Waals surface area contributed by atoms with Gasteiger partial charge < -0.3 is 5.11 Å². The molecule has 0 aromatic carbocycles. The normalized spacial score (nSPS) is 19.3. The van der Waals surface area contributed by atoms with Crippen molar-refractivity contribution in [1.29, 1.82) is 0 Å². The molecule has 1 aromatic rings. The molecule has 1 N–H and O–H groups in total. The fraction of sp³-hybridized carbons (Fsp3) is 0.700. The predicted octanol–water partition coefficient (Wildman–Crippen LogP) is 1.57. The van der Waals surface area contributed by atoms with Crippen LogP contribution in [0.15, 0.2) is 4.63 Å². The number of nitrogens with zero attached hydrogens (tertiary/aromatic N) is 2. The van der Waals surface area contributed by atoms with Gasteiger partial charge in [-0.15, -0.1) is 0 Å². The number of aryl methyl sites for hydroxylation is 1. The first-order valence-corrected chi connectivity index (χ1v) is 5.15. The maximum absolute atomic E-state index is 11.3. The van der Waals surface area contributed by atoms with Crippen molar-refractivity contribution in [2.24, 2.45) is 5.41 Å². The molecule has 0 atom stereocenters. The smallest absolute Gasteiger partial charge is 0.310 e. The van der Waals surface area contributed by atoms with Crippen molar-refractivity contribution in [2.45, 2.75) is 39.0 Å². The number of hydrogen-bond donors (Lipinski definition) is 1. The Labute approximate surface area is 87.4 Å². The van der Waals surface area contributed by atoms with Crippen molar-refractivity contribution in [1.82, 2.24) is 10.3 Å². The summed E-state index contributed by atoms with van der Waals surface area (Å²) in [6.07, 6.45) is 3.87. The van der Waals surface area contributed by atoms with Crippen LogP contribution in [0.5, 0.6) is 0 Å². The van der Waals surface area contributed by atoms with Crippen molar-refractivity contribution >= 4 is 5.97 Å². The van der Waals surface area contributed by atoms with Crippen LogP contribution in [0, 0.1) is 12.3 Å². The van der Waals surface area contributed by atoms with E-state index < -0.39 is 11.4 Å². The molecule has 1 fully saturated rings. The molecule has 1 aliphatic rings. The van der Waals surface area contributed by atoms with E-state index in [9.17, 15) is 9.90 Å². The molecule has 1 aromatic heterocycles. The van der Waals surface area contributed by atoms with Gasteiger partial charge in [-0.2, -0.15) is 0 Å². The number of hydrogen-bond acceptors (Lipinski definition) is 4. The van der Waals surface area contributed by atoms with Crippen LogP contribution < -0.4 is 0 Å². The summed E-state index contributed by atoms with van der Waals surface area (Å²) in [5.41, 5.74) is 0.741. The van der Waals surface area contributed by atoms with Crippen LogP contribution in [0.2, 0.25) is 0 Å². The van der Waals surface area contributed by atoms with E-state index in [4.69, 9.17) is 0 Å². The Hall–Kier alpha value is -1.39. The van der Waals surface area contributed by atoms with Crippen molar-refractivity contribution < 1.29 is 14.5 Å². The van der Waals surface area contributed by atoms with Gasteiger partial charge in [-0.1, -0.05) is 23.2 Å². The van der Waals surface area contributed by atoms with E-state index in [2.05, 4.69) is 14.9 Å². The van der Waals surface area contributed by atoms with Crippen LogP contribution in [0.25, 0.3) is 0 Å². The van der Waals surface area contributed by atoms with Gasteiger partial charge in [0.05, 0.1) is 5.41 Å². The summed E-state index contributed by atoms with van der Waals surface area (Å²) in [5, 5.41) is 16.7. The van der Waals surface area contributed by atoms with Gasteiger partial charge in [0, 0.05) is 6.42 Å². The van der Waals surface area contributed by atoms with Crippen molar-refractivity contribution in [3.05, 3.63) is 11.4 Å². The molecule has 1 heterocycles. The summed E-state index contributed by atoms with van der Waals surface area (Å²) >= 11 is 0. The molecule has 0 spiro atoms. The predicted molar refractivity (Wildman–Crippen MR) is 51.3 cm³/mol. The lowest BCUT2D eigenvalue weighted by molar-refractivity contribution is -0.148. The van der Waals surface area contributed by atoms with E-state index in [1.54, 1.807) is 6.92 Å². The zero-order chi connectivity index (χ0) is 10.9. The van der Waals surface area contributed by atoms with Crippen LogP contribution in [0.1, 0.15) is 37.1 Å². The summed E-state index contributed by atoms with van der Waals surface area (Å²) in [4.78, 5) is 11.3. The van der Waals surface area contributed by atoms with Crippen LogP contribution in [-0.4, -0.2) is 21.4 Å². The maximum atomic E-state index is 11.3. The zero-order valence-electron chi connectivity index (χ0n) is 8.69. The minimum atomic E-state index is -0.720. The second kappa shape index (κ2) is 3.64. The first kappa shape index (κ1) is 10.1. The molecule has 15 heavy (non-hydrogen) atoms. The summed E-state index contributed by atoms with van der Waals surface area (Å²) in [6.45, 7) is 1.79. The van der Waals surface area contributed by atoms with Crippen LogP contribution in [0.3, 0.4) is 0 Å². The quantitative estimate of drug-likeness (QED) is 0.819. The Balaban J connectivity index is 2.21. The average molecular weight is 210 g/mol. The largest absolute Gasteiger partial charge is 0.481 e. The molecule has 0 amide bonds. The van der Waals surface area contributed by atoms with Crippen molar-refractivity contribution in [3.63, 3.8) is 0 Å². The number of carboxylic acids is 1. The fourth-order valence-corrected chi connectivity index (χ4v) is 2.25. The molecule has 5 heteroatoms. The summed E-state index contributed by atoms with van der Waals surface area (Å²) in [6, 6.07) is 0. The number of aromatic nitrogens is 2. The highest BCUT2D eigenvalue weighted by atomic mass is 16.6. The third kappa shape index (κ3) is 1.73. The van der Waals surface area contributed by atoms with Gasteiger partial charge in [0.15, 0.2) is 0 Å². The molecule has 0 aliphatic heterocycles. The fourth-order valence-electron chi connectivity index (χ4n) is 2.25. The van der Waals surface area contributed by atoms with Crippen LogP contribution >= 0.6 is 0 Å². The Morgan fingerprint density at radius 2 is 2.13 bits per heavy atom. The lowest BCUT2D eigenvalue weighted by Crippen LogP contribution is -2.30. The molecule has 82 valence electrons. The lowest BCUT2D eigenvalue weighted by Gasteiger charge is -2.22. The van der Waals surface area contributed by atoms with E-state index in [1.807, 2.05) is 0 Å². The Kier molecular flexibility index (Phi) is 2.46. The molecular weight excluding hydrogens is 196 g/mol. The Bertz CT molecular complexity index is 366. The van der Waals surface area contributed by atoms with Crippen LogP contribution in [-0.2, 0) is 11.2 Å². The van der Waals surface area contributed by atoms with Gasteiger partial charge in [0.1, 0.15) is 11.4 Å². The minimum Gasteiger partial charge on any atom is -0.481 e. The van der Waals surface area contributed by atoms with Gasteiger partial charge in [-0.05, 0) is 19.8 Å². The number of carboxylic acid groups (broad SMARTS) is 1.